The summed E-state index contributed by atoms with van der Waals surface area (Å²) in [6.07, 6.45) is 0. The van der Waals surface area contributed by atoms with Crippen LogP contribution in [-0.4, -0.2) is 13.1 Å². The molecule has 0 spiro atoms. The van der Waals surface area contributed by atoms with Gasteiger partial charge in [-0.05, 0) is 47.9 Å². The van der Waals surface area contributed by atoms with Gasteiger partial charge in [0.1, 0.15) is 5.82 Å². The quantitative estimate of drug-likeness (QED) is 0.755. The number of ether oxygens (including phenoxy) is 1. The molecule has 0 aliphatic rings. The maximum Gasteiger partial charge on any atom is 0.337 e. The Balaban J connectivity index is 2.40. The molecule has 3 heteroatoms. The third-order valence-electron chi connectivity index (χ3n) is 2.82. The molecule has 2 aromatic rings. The second-order valence-corrected chi connectivity index (χ2v) is 4.03. The summed E-state index contributed by atoms with van der Waals surface area (Å²) in [5, 5.41) is 0. The summed E-state index contributed by atoms with van der Waals surface area (Å²) in [5.74, 6) is -0.648. The Morgan fingerprint density at radius 1 is 1.11 bits per heavy atom. The minimum Gasteiger partial charge on any atom is -0.465 e. The van der Waals surface area contributed by atoms with Crippen LogP contribution in [0.5, 0.6) is 0 Å². The number of benzene rings is 2. The van der Waals surface area contributed by atoms with Crippen molar-refractivity contribution < 1.29 is 13.9 Å². The van der Waals surface area contributed by atoms with E-state index < -0.39 is 0 Å². The van der Waals surface area contributed by atoms with Crippen LogP contribution in [0.2, 0.25) is 0 Å². The van der Waals surface area contributed by atoms with Gasteiger partial charge in [-0.3, -0.25) is 0 Å². The lowest BCUT2D eigenvalue weighted by Gasteiger charge is -2.07. The molecule has 0 fully saturated rings. The Labute approximate surface area is 105 Å². The van der Waals surface area contributed by atoms with Crippen molar-refractivity contribution >= 4 is 5.97 Å². The van der Waals surface area contributed by atoms with Crippen molar-refractivity contribution in [3.63, 3.8) is 0 Å². The van der Waals surface area contributed by atoms with Crippen molar-refractivity contribution in [1.82, 2.24) is 0 Å². The van der Waals surface area contributed by atoms with E-state index in [1.54, 1.807) is 30.3 Å². The molecule has 0 aliphatic heterocycles. The van der Waals surface area contributed by atoms with Crippen LogP contribution in [0.1, 0.15) is 15.9 Å². The largest absolute Gasteiger partial charge is 0.465 e. The highest BCUT2D eigenvalue weighted by molar-refractivity contribution is 5.90. The third-order valence-corrected chi connectivity index (χ3v) is 2.82. The van der Waals surface area contributed by atoms with E-state index in [0.29, 0.717) is 5.56 Å². The van der Waals surface area contributed by atoms with Crippen molar-refractivity contribution in [2.75, 3.05) is 7.11 Å². The molecule has 0 atom stereocenters. The average Bonchev–Trinajstić information content (AvgIpc) is 2.41. The van der Waals surface area contributed by atoms with Gasteiger partial charge < -0.3 is 4.74 Å². The SMILES string of the molecule is COC(=O)c1ccc(-c2cc(F)ccc2C)cc1. The van der Waals surface area contributed by atoms with Gasteiger partial charge in [0.15, 0.2) is 0 Å². The first-order valence-electron chi connectivity index (χ1n) is 5.56. The Bertz CT molecular complexity index is 574. The Kier molecular flexibility index (Phi) is 3.42. The van der Waals surface area contributed by atoms with Crippen molar-refractivity contribution in [2.45, 2.75) is 6.92 Å². The van der Waals surface area contributed by atoms with Crippen LogP contribution in [0, 0.1) is 12.7 Å². The van der Waals surface area contributed by atoms with Gasteiger partial charge in [0.05, 0.1) is 12.7 Å². The first kappa shape index (κ1) is 12.3. The van der Waals surface area contributed by atoms with Gasteiger partial charge in [0.25, 0.3) is 0 Å². The van der Waals surface area contributed by atoms with Gasteiger partial charge in [-0.15, -0.1) is 0 Å². The molecular formula is C15H13FO2. The number of rotatable bonds is 2. The lowest BCUT2D eigenvalue weighted by molar-refractivity contribution is 0.0601. The average molecular weight is 244 g/mol. The predicted octanol–water partition coefficient (Wildman–Crippen LogP) is 3.59. The number of halogens is 1. The molecule has 18 heavy (non-hydrogen) atoms. The molecule has 2 rings (SSSR count). The second-order valence-electron chi connectivity index (χ2n) is 4.03. The smallest absolute Gasteiger partial charge is 0.337 e. The van der Waals surface area contributed by atoms with Crippen molar-refractivity contribution in [2.24, 2.45) is 0 Å². The van der Waals surface area contributed by atoms with E-state index in [1.165, 1.54) is 19.2 Å². The van der Waals surface area contributed by atoms with Gasteiger partial charge in [-0.1, -0.05) is 18.2 Å². The van der Waals surface area contributed by atoms with Crippen LogP contribution in [0.3, 0.4) is 0 Å². The molecule has 0 amide bonds. The molecule has 0 saturated heterocycles. The van der Waals surface area contributed by atoms with Crippen LogP contribution >= 0.6 is 0 Å². The summed E-state index contributed by atoms with van der Waals surface area (Å²) in [7, 11) is 1.34. The van der Waals surface area contributed by atoms with E-state index in [-0.39, 0.29) is 11.8 Å². The minimum atomic E-state index is -0.377. The van der Waals surface area contributed by atoms with Gasteiger partial charge in [0, 0.05) is 0 Å². The molecule has 0 aromatic heterocycles. The van der Waals surface area contributed by atoms with Crippen LogP contribution in [-0.2, 0) is 4.74 Å². The molecular weight excluding hydrogens is 231 g/mol. The summed E-state index contributed by atoms with van der Waals surface area (Å²) < 4.78 is 17.8. The number of carbonyl (C=O) groups excluding carboxylic acids is 1. The fourth-order valence-corrected chi connectivity index (χ4v) is 1.81. The van der Waals surface area contributed by atoms with E-state index in [9.17, 15) is 9.18 Å². The van der Waals surface area contributed by atoms with Crippen LogP contribution in [0.4, 0.5) is 4.39 Å². The lowest BCUT2D eigenvalue weighted by Crippen LogP contribution is -2.00. The summed E-state index contributed by atoms with van der Waals surface area (Å²) in [6.45, 7) is 1.92. The third kappa shape index (κ3) is 2.40. The van der Waals surface area contributed by atoms with Crippen LogP contribution in [0.25, 0.3) is 11.1 Å². The number of methoxy groups -OCH3 is 1. The molecule has 0 heterocycles. The number of esters is 1. The van der Waals surface area contributed by atoms with E-state index in [2.05, 4.69) is 4.74 Å². The molecule has 0 unspecified atom stereocenters. The van der Waals surface area contributed by atoms with Gasteiger partial charge in [-0.25, -0.2) is 9.18 Å². The molecule has 0 aliphatic carbocycles. The molecule has 0 N–H and O–H groups in total. The van der Waals surface area contributed by atoms with E-state index in [1.807, 2.05) is 6.92 Å². The fourth-order valence-electron chi connectivity index (χ4n) is 1.81. The Morgan fingerprint density at radius 3 is 2.39 bits per heavy atom. The van der Waals surface area contributed by atoms with Crippen molar-refractivity contribution in [1.29, 1.82) is 0 Å². The normalized spacial score (nSPS) is 10.2. The Morgan fingerprint density at radius 2 is 1.78 bits per heavy atom. The minimum absolute atomic E-state index is 0.271. The molecule has 2 aromatic carbocycles. The summed E-state index contributed by atoms with van der Waals surface area (Å²) in [5.41, 5.74) is 3.17. The number of hydrogen-bond donors (Lipinski definition) is 0. The van der Waals surface area contributed by atoms with E-state index >= 15 is 0 Å². The molecule has 92 valence electrons. The monoisotopic (exact) mass is 244 g/mol. The standard InChI is InChI=1S/C15H13FO2/c1-10-3-8-13(16)9-14(10)11-4-6-12(7-5-11)15(17)18-2/h3-9H,1-2H3. The predicted molar refractivity (Wildman–Crippen MR) is 67.9 cm³/mol. The second kappa shape index (κ2) is 5.00. The maximum absolute atomic E-state index is 13.2. The topological polar surface area (TPSA) is 26.3 Å². The van der Waals surface area contributed by atoms with Crippen LogP contribution in [0.15, 0.2) is 42.5 Å². The fraction of sp³-hybridized carbons (Fsp3) is 0.133. The summed E-state index contributed by atoms with van der Waals surface area (Å²) >= 11 is 0. The molecule has 2 nitrogen and oxygen atoms in total. The van der Waals surface area contributed by atoms with E-state index in [0.717, 1.165) is 16.7 Å². The summed E-state index contributed by atoms with van der Waals surface area (Å²) in [6, 6.07) is 11.6. The molecule has 0 bridgehead atoms. The highest BCUT2D eigenvalue weighted by Gasteiger charge is 2.07. The number of carbonyl (C=O) groups is 1. The zero-order valence-corrected chi connectivity index (χ0v) is 10.2. The van der Waals surface area contributed by atoms with Crippen molar-refractivity contribution in [3.05, 3.63) is 59.4 Å². The summed E-state index contributed by atoms with van der Waals surface area (Å²) in [4.78, 5) is 11.3. The number of hydrogen-bond acceptors (Lipinski definition) is 2. The first-order chi connectivity index (χ1) is 8.61. The first-order valence-corrected chi connectivity index (χ1v) is 5.56. The van der Waals surface area contributed by atoms with Gasteiger partial charge in [-0.2, -0.15) is 0 Å². The van der Waals surface area contributed by atoms with E-state index in [4.69, 9.17) is 0 Å². The lowest BCUT2D eigenvalue weighted by atomic mass is 9.99. The number of aryl methyl sites for hydroxylation is 1. The zero-order chi connectivity index (χ0) is 13.1. The zero-order valence-electron chi connectivity index (χ0n) is 10.2. The molecule has 0 saturated carbocycles. The molecule has 0 radical (unpaired) electrons. The highest BCUT2D eigenvalue weighted by atomic mass is 19.1. The highest BCUT2D eigenvalue weighted by Crippen LogP contribution is 2.24. The van der Waals surface area contributed by atoms with Crippen molar-refractivity contribution in [3.8, 4) is 11.1 Å². The van der Waals surface area contributed by atoms with Gasteiger partial charge in [0.2, 0.25) is 0 Å². The van der Waals surface area contributed by atoms with Gasteiger partial charge >= 0.3 is 5.97 Å². The Hall–Kier alpha value is -2.16. The maximum atomic E-state index is 13.2. The van der Waals surface area contributed by atoms with Crippen LogP contribution < -0.4 is 0 Å².